The van der Waals surface area contributed by atoms with Crippen LogP contribution in [0.2, 0.25) is 0 Å². The van der Waals surface area contributed by atoms with Gasteiger partial charge in [0.05, 0.1) is 0 Å². The van der Waals surface area contributed by atoms with Crippen molar-refractivity contribution in [3.05, 3.63) is 54.6 Å². The first-order chi connectivity index (χ1) is 11.7. The van der Waals surface area contributed by atoms with Crippen LogP contribution in [0, 0.1) is 0 Å². The molecule has 4 heteroatoms. The summed E-state index contributed by atoms with van der Waals surface area (Å²) in [6.45, 7) is 3.16. The maximum atomic E-state index is 12.2. The Morgan fingerprint density at radius 3 is 2.71 bits per heavy atom. The van der Waals surface area contributed by atoms with E-state index in [-0.39, 0.29) is 18.6 Å². The predicted octanol–water partition coefficient (Wildman–Crippen LogP) is 2.99. The molecule has 4 nitrogen and oxygen atoms in total. The highest BCUT2D eigenvalue weighted by Crippen LogP contribution is 2.29. The lowest BCUT2D eigenvalue weighted by Crippen LogP contribution is -2.52. The molecular formula is C20H24N2O2. The lowest BCUT2D eigenvalue weighted by Gasteiger charge is -2.30. The van der Waals surface area contributed by atoms with Crippen molar-refractivity contribution in [3.63, 3.8) is 0 Å². The van der Waals surface area contributed by atoms with Gasteiger partial charge in [-0.25, -0.2) is 0 Å². The first-order valence-electron chi connectivity index (χ1n) is 8.54. The molecule has 1 aliphatic heterocycles. The zero-order valence-electron chi connectivity index (χ0n) is 14.0. The second kappa shape index (κ2) is 7.97. The van der Waals surface area contributed by atoms with Crippen LogP contribution in [-0.4, -0.2) is 31.1 Å². The van der Waals surface area contributed by atoms with E-state index in [1.807, 2.05) is 54.6 Å². The Balaban J connectivity index is 1.61. The van der Waals surface area contributed by atoms with Gasteiger partial charge in [0, 0.05) is 17.6 Å². The van der Waals surface area contributed by atoms with Gasteiger partial charge in [0.1, 0.15) is 5.75 Å². The van der Waals surface area contributed by atoms with Crippen molar-refractivity contribution in [2.24, 2.45) is 0 Å². The van der Waals surface area contributed by atoms with E-state index in [0.717, 1.165) is 36.3 Å². The average molecular weight is 324 g/mol. The van der Waals surface area contributed by atoms with Crippen LogP contribution in [0.4, 0.5) is 0 Å². The first-order valence-corrected chi connectivity index (χ1v) is 8.54. The molecule has 2 N–H and O–H groups in total. The first kappa shape index (κ1) is 16.5. The van der Waals surface area contributed by atoms with E-state index >= 15 is 0 Å². The second-order valence-electron chi connectivity index (χ2n) is 6.21. The van der Waals surface area contributed by atoms with Crippen molar-refractivity contribution in [3.8, 4) is 16.9 Å². The molecule has 1 amide bonds. The average Bonchev–Trinajstić information content (AvgIpc) is 2.63. The second-order valence-corrected chi connectivity index (χ2v) is 6.21. The van der Waals surface area contributed by atoms with E-state index in [9.17, 15) is 4.79 Å². The summed E-state index contributed by atoms with van der Waals surface area (Å²) in [5.74, 6) is 0.659. The van der Waals surface area contributed by atoms with Crippen molar-refractivity contribution in [1.29, 1.82) is 0 Å². The normalized spacial score (nSPS) is 20.4. The lowest BCUT2D eigenvalue weighted by molar-refractivity contribution is -0.124. The van der Waals surface area contributed by atoms with Gasteiger partial charge in [-0.15, -0.1) is 0 Å². The topological polar surface area (TPSA) is 50.4 Å². The quantitative estimate of drug-likeness (QED) is 0.889. The number of nitrogens with one attached hydrogen (secondary N) is 2. The van der Waals surface area contributed by atoms with Crippen molar-refractivity contribution in [1.82, 2.24) is 10.6 Å². The summed E-state index contributed by atoms with van der Waals surface area (Å²) in [6.07, 6.45) is 2.10. The zero-order valence-corrected chi connectivity index (χ0v) is 14.0. The molecule has 1 aliphatic rings. The Morgan fingerprint density at radius 2 is 1.92 bits per heavy atom. The summed E-state index contributed by atoms with van der Waals surface area (Å²) in [6, 6.07) is 18.4. The summed E-state index contributed by atoms with van der Waals surface area (Å²) < 4.78 is 5.80. The largest absolute Gasteiger partial charge is 0.483 e. The number of rotatable bonds is 5. The zero-order chi connectivity index (χ0) is 16.8. The van der Waals surface area contributed by atoms with E-state index in [2.05, 4.69) is 17.6 Å². The molecule has 1 fully saturated rings. The van der Waals surface area contributed by atoms with Crippen LogP contribution in [0.3, 0.4) is 0 Å². The van der Waals surface area contributed by atoms with Crippen LogP contribution < -0.4 is 15.4 Å². The van der Waals surface area contributed by atoms with Crippen LogP contribution >= 0.6 is 0 Å². The van der Waals surface area contributed by atoms with Gasteiger partial charge in [0.25, 0.3) is 5.91 Å². The predicted molar refractivity (Wildman–Crippen MR) is 96.0 cm³/mol. The number of benzene rings is 2. The van der Waals surface area contributed by atoms with Gasteiger partial charge in [-0.2, -0.15) is 0 Å². The molecule has 1 heterocycles. The van der Waals surface area contributed by atoms with Gasteiger partial charge in [-0.3, -0.25) is 4.79 Å². The number of amides is 1. The monoisotopic (exact) mass is 324 g/mol. The summed E-state index contributed by atoms with van der Waals surface area (Å²) in [4.78, 5) is 12.2. The fraction of sp³-hybridized carbons (Fsp3) is 0.350. The van der Waals surface area contributed by atoms with Gasteiger partial charge in [0.15, 0.2) is 6.61 Å². The molecule has 0 saturated carbocycles. The van der Waals surface area contributed by atoms with Gasteiger partial charge in [-0.1, -0.05) is 48.5 Å². The molecule has 0 bridgehead atoms. The molecule has 24 heavy (non-hydrogen) atoms. The molecule has 2 unspecified atom stereocenters. The molecule has 0 aromatic heterocycles. The third-order valence-corrected chi connectivity index (χ3v) is 4.44. The molecule has 3 rings (SSSR count). The van der Waals surface area contributed by atoms with Crippen LogP contribution in [0.5, 0.6) is 5.75 Å². The maximum Gasteiger partial charge on any atom is 0.258 e. The Labute approximate surface area is 143 Å². The smallest absolute Gasteiger partial charge is 0.258 e. The lowest BCUT2D eigenvalue weighted by atomic mass is 10.00. The van der Waals surface area contributed by atoms with E-state index < -0.39 is 0 Å². The Bertz CT molecular complexity index is 672. The summed E-state index contributed by atoms with van der Waals surface area (Å²) >= 11 is 0. The molecule has 0 spiro atoms. The maximum absolute atomic E-state index is 12.2. The minimum atomic E-state index is -0.0709. The summed E-state index contributed by atoms with van der Waals surface area (Å²) in [7, 11) is 0. The number of carbonyl (C=O) groups excluding carboxylic acids is 1. The van der Waals surface area contributed by atoms with E-state index in [0.29, 0.717) is 6.04 Å². The minimum Gasteiger partial charge on any atom is -0.483 e. The third-order valence-electron chi connectivity index (χ3n) is 4.44. The molecular weight excluding hydrogens is 300 g/mol. The van der Waals surface area contributed by atoms with E-state index in [1.165, 1.54) is 0 Å². The number of ether oxygens (including phenoxy) is 1. The van der Waals surface area contributed by atoms with Crippen LogP contribution in [0.15, 0.2) is 54.6 Å². The highest BCUT2D eigenvalue weighted by atomic mass is 16.5. The van der Waals surface area contributed by atoms with Crippen LogP contribution in [0.25, 0.3) is 11.1 Å². The SMILES string of the molecule is CC1NCCCC1NC(=O)COc1ccccc1-c1ccccc1. The van der Waals surface area contributed by atoms with E-state index in [1.54, 1.807) is 0 Å². The number of piperidine rings is 1. The number of hydrogen-bond acceptors (Lipinski definition) is 3. The van der Waals surface area contributed by atoms with Gasteiger partial charge < -0.3 is 15.4 Å². The fourth-order valence-electron chi connectivity index (χ4n) is 3.08. The highest BCUT2D eigenvalue weighted by molar-refractivity contribution is 5.78. The molecule has 2 aromatic rings. The number of para-hydroxylation sites is 1. The van der Waals surface area contributed by atoms with E-state index in [4.69, 9.17) is 4.74 Å². The van der Waals surface area contributed by atoms with Gasteiger partial charge in [0.2, 0.25) is 0 Å². The standard InChI is InChI=1S/C20H24N2O2/c1-15-18(11-7-13-21-15)22-20(23)14-24-19-12-6-5-10-17(19)16-8-3-2-4-9-16/h2-6,8-10,12,15,18,21H,7,11,13-14H2,1H3,(H,22,23). The minimum absolute atomic E-state index is 0.0348. The molecule has 0 aliphatic carbocycles. The van der Waals surface area contributed by atoms with Crippen LogP contribution in [-0.2, 0) is 4.79 Å². The molecule has 0 radical (unpaired) electrons. The number of carbonyl (C=O) groups is 1. The van der Waals surface area contributed by atoms with Crippen molar-refractivity contribution in [2.45, 2.75) is 31.8 Å². The molecule has 1 saturated heterocycles. The summed E-state index contributed by atoms with van der Waals surface area (Å²) in [5.41, 5.74) is 2.08. The Morgan fingerprint density at radius 1 is 1.17 bits per heavy atom. The Kier molecular flexibility index (Phi) is 5.49. The molecule has 2 atom stereocenters. The van der Waals surface area contributed by atoms with Crippen molar-refractivity contribution < 1.29 is 9.53 Å². The Hall–Kier alpha value is -2.33. The highest BCUT2D eigenvalue weighted by Gasteiger charge is 2.22. The van der Waals surface area contributed by atoms with Crippen molar-refractivity contribution >= 4 is 5.91 Å². The number of hydrogen-bond donors (Lipinski definition) is 2. The third kappa shape index (κ3) is 4.15. The molecule has 126 valence electrons. The molecule has 2 aromatic carbocycles. The van der Waals surface area contributed by atoms with Gasteiger partial charge in [-0.05, 0) is 37.9 Å². The van der Waals surface area contributed by atoms with Crippen LogP contribution in [0.1, 0.15) is 19.8 Å². The van der Waals surface area contributed by atoms with Crippen molar-refractivity contribution in [2.75, 3.05) is 13.2 Å². The van der Waals surface area contributed by atoms with Gasteiger partial charge >= 0.3 is 0 Å². The fourth-order valence-corrected chi connectivity index (χ4v) is 3.08. The summed E-state index contributed by atoms with van der Waals surface area (Å²) in [5, 5.41) is 6.46.